The summed E-state index contributed by atoms with van der Waals surface area (Å²) in [6.45, 7) is 0.725. The maximum Gasteiger partial charge on any atom is 0.395 e. The van der Waals surface area contributed by atoms with Crippen LogP contribution in [0.1, 0.15) is 12.8 Å². The minimum Gasteiger partial charge on any atom is -0.475 e. The monoisotopic (exact) mass is 160 g/mol. The van der Waals surface area contributed by atoms with Gasteiger partial charge in [0.05, 0.1) is 20.6 Å². The SMILES string of the molecule is C[N+]1(C)CCCC1(O)C(=O)O. The van der Waals surface area contributed by atoms with Gasteiger partial charge < -0.3 is 10.2 Å². The van der Waals surface area contributed by atoms with E-state index in [1.165, 1.54) is 0 Å². The van der Waals surface area contributed by atoms with Crippen molar-refractivity contribution in [1.29, 1.82) is 0 Å². The van der Waals surface area contributed by atoms with Crippen LogP contribution in [0.2, 0.25) is 0 Å². The Kier molecular flexibility index (Phi) is 1.69. The van der Waals surface area contributed by atoms with Gasteiger partial charge >= 0.3 is 11.7 Å². The van der Waals surface area contributed by atoms with Gasteiger partial charge in [0, 0.05) is 12.8 Å². The fourth-order valence-corrected chi connectivity index (χ4v) is 1.57. The lowest BCUT2D eigenvalue weighted by Crippen LogP contribution is -2.60. The molecule has 0 amide bonds. The second kappa shape index (κ2) is 2.19. The van der Waals surface area contributed by atoms with E-state index in [9.17, 15) is 9.90 Å². The maximum atomic E-state index is 10.7. The molecule has 1 fully saturated rings. The third-order valence-corrected chi connectivity index (χ3v) is 2.59. The predicted octanol–water partition coefficient (Wildman–Crippen LogP) is -0.370. The van der Waals surface area contributed by atoms with Crippen molar-refractivity contribution in [2.24, 2.45) is 0 Å². The molecular weight excluding hydrogens is 146 g/mol. The van der Waals surface area contributed by atoms with Crippen LogP contribution in [-0.4, -0.2) is 47.0 Å². The Morgan fingerprint density at radius 2 is 2.09 bits per heavy atom. The molecule has 0 aliphatic carbocycles. The highest BCUT2D eigenvalue weighted by Crippen LogP contribution is 2.31. The molecule has 0 radical (unpaired) electrons. The van der Waals surface area contributed by atoms with Crippen molar-refractivity contribution in [3.63, 3.8) is 0 Å². The number of likely N-dealkylation sites (N-methyl/N-ethyl adjacent to an activating group) is 1. The second-order valence-electron chi connectivity index (χ2n) is 3.63. The van der Waals surface area contributed by atoms with Crippen molar-refractivity contribution in [3.8, 4) is 0 Å². The van der Waals surface area contributed by atoms with Gasteiger partial charge in [-0.25, -0.2) is 4.79 Å². The van der Waals surface area contributed by atoms with Crippen LogP contribution in [0.4, 0.5) is 0 Å². The van der Waals surface area contributed by atoms with E-state index in [2.05, 4.69) is 0 Å². The molecule has 0 spiro atoms. The third kappa shape index (κ3) is 1.02. The fourth-order valence-electron chi connectivity index (χ4n) is 1.57. The van der Waals surface area contributed by atoms with Gasteiger partial charge in [-0.2, -0.15) is 0 Å². The molecule has 4 nitrogen and oxygen atoms in total. The third-order valence-electron chi connectivity index (χ3n) is 2.59. The number of carboxylic acids is 1. The van der Waals surface area contributed by atoms with Gasteiger partial charge in [0.1, 0.15) is 0 Å². The van der Waals surface area contributed by atoms with E-state index in [4.69, 9.17) is 5.11 Å². The summed E-state index contributed by atoms with van der Waals surface area (Å²) in [5.74, 6) is -1.11. The average molecular weight is 160 g/mol. The molecule has 0 bridgehead atoms. The molecule has 4 heteroatoms. The predicted molar refractivity (Wildman–Crippen MR) is 38.8 cm³/mol. The number of aliphatic hydroxyl groups is 1. The van der Waals surface area contributed by atoms with E-state index in [1.807, 2.05) is 0 Å². The van der Waals surface area contributed by atoms with Crippen LogP contribution >= 0.6 is 0 Å². The van der Waals surface area contributed by atoms with E-state index in [1.54, 1.807) is 14.1 Å². The highest BCUT2D eigenvalue weighted by molar-refractivity contribution is 5.75. The molecule has 0 aromatic rings. The van der Waals surface area contributed by atoms with Gasteiger partial charge in [0.15, 0.2) is 0 Å². The summed E-state index contributed by atoms with van der Waals surface area (Å²) in [4.78, 5) is 10.7. The molecule has 1 aliphatic rings. The van der Waals surface area contributed by atoms with E-state index >= 15 is 0 Å². The Hall–Kier alpha value is -0.610. The number of nitrogens with zero attached hydrogens (tertiary/aromatic N) is 1. The number of carbonyl (C=O) groups is 1. The Balaban J connectivity index is 2.93. The van der Waals surface area contributed by atoms with Gasteiger partial charge in [-0.15, -0.1) is 0 Å². The number of hydrogen-bond acceptors (Lipinski definition) is 2. The molecular formula is C7H14NO3+. The lowest BCUT2D eigenvalue weighted by molar-refractivity contribution is -0.942. The topological polar surface area (TPSA) is 57.5 Å². The Labute approximate surface area is 65.6 Å². The van der Waals surface area contributed by atoms with Crippen LogP contribution in [0.25, 0.3) is 0 Å². The Morgan fingerprint density at radius 1 is 1.55 bits per heavy atom. The number of hydrogen-bond donors (Lipinski definition) is 2. The normalized spacial score (nSPS) is 35.5. The molecule has 1 aliphatic heterocycles. The van der Waals surface area contributed by atoms with E-state index in [0.717, 1.165) is 13.0 Å². The van der Waals surface area contributed by atoms with Crippen LogP contribution in [0.3, 0.4) is 0 Å². The lowest BCUT2D eigenvalue weighted by atomic mass is 10.1. The van der Waals surface area contributed by atoms with Crippen LogP contribution in [0, 0.1) is 0 Å². The smallest absolute Gasteiger partial charge is 0.395 e. The summed E-state index contributed by atoms with van der Waals surface area (Å²) in [6.07, 6.45) is 1.13. The van der Waals surface area contributed by atoms with Crippen LogP contribution in [0.15, 0.2) is 0 Å². The molecule has 1 rings (SSSR count). The maximum absolute atomic E-state index is 10.7. The van der Waals surface area contributed by atoms with Crippen LogP contribution in [-0.2, 0) is 4.79 Å². The number of rotatable bonds is 1. The second-order valence-corrected chi connectivity index (χ2v) is 3.63. The van der Waals surface area contributed by atoms with E-state index < -0.39 is 11.7 Å². The molecule has 1 atom stereocenters. The van der Waals surface area contributed by atoms with Gasteiger partial charge in [0.25, 0.3) is 0 Å². The van der Waals surface area contributed by atoms with Gasteiger partial charge in [0.2, 0.25) is 0 Å². The molecule has 0 saturated carbocycles. The largest absolute Gasteiger partial charge is 0.475 e. The quantitative estimate of drug-likeness (QED) is 0.514. The zero-order valence-electron chi connectivity index (χ0n) is 6.87. The van der Waals surface area contributed by atoms with Crippen molar-refractivity contribution >= 4 is 5.97 Å². The summed E-state index contributed by atoms with van der Waals surface area (Å²) in [5, 5.41) is 18.4. The zero-order chi connectivity index (χ0) is 8.70. The lowest BCUT2D eigenvalue weighted by Gasteiger charge is -2.35. The van der Waals surface area contributed by atoms with Crippen LogP contribution in [0.5, 0.6) is 0 Å². The molecule has 0 aromatic carbocycles. The average Bonchev–Trinajstić information content (AvgIpc) is 2.09. The van der Waals surface area contributed by atoms with Crippen molar-refractivity contribution in [2.75, 3.05) is 20.6 Å². The van der Waals surface area contributed by atoms with Crippen molar-refractivity contribution in [2.45, 2.75) is 18.6 Å². The molecule has 1 heterocycles. The fraction of sp³-hybridized carbons (Fsp3) is 0.857. The molecule has 1 unspecified atom stereocenters. The summed E-state index contributed by atoms with van der Waals surface area (Å²) < 4.78 is 0.169. The molecule has 64 valence electrons. The minimum atomic E-state index is -1.56. The standard InChI is InChI=1S/C7H13NO3/c1-8(2)5-3-4-7(8,11)6(9)10/h11H,3-5H2,1-2H3/p+1. The number of aliphatic carboxylic acids is 1. The first-order valence-electron chi connectivity index (χ1n) is 3.69. The highest BCUT2D eigenvalue weighted by Gasteiger charge is 2.55. The molecule has 0 aromatic heterocycles. The molecule has 2 N–H and O–H groups in total. The van der Waals surface area contributed by atoms with Crippen LogP contribution < -0.4 is 0 Å². The molecule has 11 heavy (non-hydrogen) atoms. The van der Waals surface area contributed by atoms with E-state index in [-0.39, 0.29) is 4.48 Å². The van der Waals surface area contributed by atoms with E-state index in [0.29, 0.717) is 6.42 Å². The molecule has 1 saturated heterocycles. The first-order chi connectivity index (χ1) is 4.90. The summed E-state index contributed by atoms with van der Waals surface area (Å²) in [5.41, 5.74) is -1.56. The minimum absolute atomic E-state index is 0.169. The highest BCUT2D eigenvalue weighted by atomic mass is 16.4. The Morgan fingerprint density at radius 3 is 2.27 bits per heavy atom. The number of likely N-dealkylation sites (tertiary alicyclic amines) is 1. The zero-order valence-corrected chi connectivity index (χ0v) is 6.87. The van der Waals surface area contributed by atoms with Gasteiger partial charge in [-0.1, -0.05) is 0 Å². The van der Waals surface area contributed by atoms with Crippen molar-refractivity contribution < 1.29 is 19.5 Å². The van der Waals surface area contributed by atoms with Gasteiger partial charge in [-0.05, 0) is 0 Å². The number of quaternary nitrogens is 1. The first-order valence-corrected chi connectivity index (χ1v) is 3.69. The van der Waals surface area contributed by atoms with Gasteiger partial charge in [-0.3, -0.25) is 4.48 Å². The summed E-state index contributed by atoms with van der Waals surface area (Å²) in [6, 6.07) is 0. The van der Waals surface area contributed by atoms with Crippen molar-refractivity contribution in [1.82, 2.24) is 0 Å². The summed E-state index contributed by atoms with van der Waals surface area (Å²) in [7, 11) is 3.47. The van der Waals surface area contributed by atoms with Crippen molar-refractivity contribution in [3.05, 3.63) is 0 Å². The Bertz CT molecular complexity index is 190. The number of carboxylic acid groups (broad SMARTS) is 1. The summed E-state index contributed by atoms with van der Waals surface area (Å²) >= 11 is 0. The first kappa shape index (κ1) is 8.49.